The molecule has 0 aliphatic heterocycles. The van der Waals surface area contributed by atoms with E-state index in [-0.39, 0.29) is 11.6 Å². The molecule has 0 amide bonds. The molecule has 5 nitrogen and oxygen atoms in total. The van der Waals surface area contributed by atoms with Gasteiger partial charge in [0.2, 0.25) is 0 Å². The Morgan fingerprint density at radius 1 is 1.33 bits per heavy atom. The number of nitrogens with two attached hydrogens (primary N) is 2. The molecule has 5 N–H and O–H groups in total. The molecule has 5 heteroatoms. The fraction of sp³-hybridized carbons (Fsp3) is 0.688. The summed E-state index contributed by atoms with van der Waals surface area (Å²) in [5, 5.41) is 0. The van der Waals surface area contributed by atoms with Crippen LogP contribution < -0.4 is 17.0 Å². The third kappa shape index (κ3) is 3.36. The Balaban J connectivity index is 2.24. The van der Waals surface area contributed by atoms with Crippen LogP contribution in [0.4, 0.5) is 5.82 Å². The molecular weight excluding hydrogens is 262 g/mol. The zero-order chi connectivity index (χ0) is 15.3. The van der Waals surface area contributed by atoms with Gasteiger partial charge in [0.05, 0.1) is 0 Å². The van der Waals surface area contributed by atoms with Crippen LogP contribution in [-0.2, 0) is 6.42 Å². The Morgan fingerprint density at radius 3 is 2.52 bits per heavy atom. The van der Waals surface area contributed by atoms with Gasteiger partial charge in [-0.05, 0) is 50.0 Å². The summed E-state index contributed by atoms with van der Waals surface area (Å²) in [6.07, 6.45) is 7.66. The van der Waals surface area contributed by atoms with Crippen molar-refractivity contribution in [2.75, 3.05) is 18.8 Å². The molecule has 118 valence electrons. The second-order valence-electron chi connectivity index (χ2n) is 6.00. The zero-order valence-corrected chi connectivity index (χ0v) is 13.3. The lowest BCUT2D eigenvalue weighted by Gasteiger charge is -2.46. The summed E-state index contributed by atoms with van der Waals surface area (Å²) in [7, 11) is 0. The van der Waals surface area contributed by atoms with Gasteiger partial charge in [0.1, 0.15) is 5.82 Å². The first-order valence-corrected chi connectivity index (χ1v) is 8.08. The summed E-state index contributed by atoms with van der Waals surface area (Å²) in [6.45, 7) is 6.60. The molecule has 1 aliphatic rings. The van der Waals surface area contributed by atoms with E-state index in [9.17, 15) is 0 Å². The summed E-state index contributed by atoms with van der Waals surface area (Å²) < 4.78 is 0. The van der Waals surface area contributed by atoms with Crippen LogP contribution >= 0.6 is 0 Å². The molecule has 1 aromatic rings. The van der Waals surface area contributed by atoms with Gasteiger partial charge in [0, 0.05) is 17.8 Å². The molecule has 21 heavy (non-hydrogen) atoms. The first-order valence-electron chi connectivity index (χ1n) is 8.08. The van der Waals surface area contributed by atoms with Crippen molar-refractivity contribution in [2.45, 2.75) is 57.5 Å². The number of nitrogens with one attached hydrogen (secondary N) is 1. The molecule has 1 atom stereocenters. The average molecular weight is 291 g/mol. The maximum atomic E-state index is 5.95. The number of hydrazine groups is 1. The second-order valence-corrected chi connectivity index (χ2v) is 6.00. The van der Waals surface area contributed by atoms with E-state index in [0.29, 0.717) is 5.82 Å². The Hall–Kier alpha value is -1.17. The van der Waals surface area contributed by atoms with Crippen LogP contribution in [0.5, 0.6) is 0 Å². The number of aromatic nitrogens is 1. The van der Waals surface area contributed by atoms with Gasteiger partial charge in [0.25, 0.3) is 0 Å². The van der Waals surface area contributed by atoms with Crippen LogP contribution in [0.2, 0.25) is 0 Å². The molecule has 1 saturated carbocycles. The van der Waals surface area contributed by atoms with Gasteiger partial charge in [-0.25, -0.2) is 4.98 Å². The number of rotatable bonds is 7. The van der Waals surface area contributed by atoms with Gasteiger partial charge in [0.15, 0.2) is 0 Å². The zero-order valence-electron chi connectivity index (χ0n) is 13.3. The highest BCUT2D eigenvalue weighted by Crippen LogP contribution is 2.39. The lowest BCUT2D eigenvalue weighted by Crippen LogP contribution is -2.62. The standard InChI is InChI=1S/C16H29N5/c1-3-21(4-2)16(8-5-6-9-16)14(20-18)11-13-7-10-19-15(17)12-13/h7,10,12,14,20H,3-6,8-9,11,18H2,1-2H3,(H2,17,19). The maximum Gasteiger partial charge on any atom is 0.123 e. The second kappa shape index (κ2) is 7.20. The van der Waals surface area contributed by atoms with Crippen LogP contribution in [0.15, 0.2) is 18.3 Å². The average Bonchev–Trinajstić information content (AvgIpc) is 2.96. The number of nitrogens with zero attached hydrogens (tertiary/aromatic N) is 2. The Kier molecular flexibility index (Phi) is 5.56. The van der Waals surface area contributed by atoms with E-state index in [1.807, 2.05) is 12.1 Å². The molecular formula is C16H29N5. The molecule has 0 spiro atoms. The van der Waals surface area contributed by atoms with Crippen LogP contribution in [0.3, 0.4) is 0 Å². The minimum atomic E-state index is 0.163. The number of anilines is 1. The Bertz CT molecular complexity index is 438. The van der Waals surface area contributed by atoms with Crippen LogP contribution in [0.25, 0.3) is 0 Å². The number of hydrogen-bond donors (Lipinski definition) is 3. The third-order valence-electron chi connectivity index (χ3n) is 5.00. The molecule has 2 rings (SSSR count). The summed E-state index contributed by atoms with van der Waals surface area (Å²) >= 11 is 0. The first kappa shape index (κ1) is 16.2. The quantitative estimate of drug-likeness (QED) is 0.526. The largest absolute Gasteiger partial charge is 0.384 e. The van der Waals surface area contributed by atoms with E-state index < -0.39 is 0 Å². The van der Waals surface area contributed by atoms with Crippen LogP contribution in [0.1, 0.15) is 45.1 Å². The van der Waals surface area contributed by atoms with E-state index in [1.54, 1.807) is 6.20 Å². The van der Waals surface area contributed by atoms with Crippen molar-refractivity contribution < 1.29 is 0 Å². The minimum Gasteiger partial charge on any atom is -0.384 e. The molecule has 0 aromatic carbocycles. The van der Waals surface area contributed by atoms with Crippen molar-refractivity contribution in [2.24, 2.45) is 5.84 Å². The lowest BCUT2D eigenvalue weighted by atomic mass is 9.82. The van der Waals surface area contributed by atoms with Crippen LogP contribution in [-0.4, -0.2) is 34.6 Å². The van der Waals surface area contributed by atoms with Crippen molar-refractivity contribution in [3.05, 3.63) is 23.9 Å². The summed E-state index contributed by atoms with van der Waals surface area (Å²) in [5.74, 6) is 6.52. The summed E-state index contributed by atoms with van der Waals surface area (Å²) in [4.78, 5) is 6.65. The highest BCUT2D eigenvalue weighted by molar-refractivity contribution is 5.32. The molecule has 0 bridgehead atoms. The van der Waals surface area contributed by atoms with Crippen molar-refractivity contribution >= 4 is 5.82 Å². The van der Waals surface area contributed by atoms with Crippen molar-refractivity contribution in [3.63, 3.8) is 0 Å². The fourth-order valence-corrected chi connectivity index (χ4v) is 3.99. The number of likely N-dealkylation sites (N-methyl/N-ethyl adjacent to an activating group) is 1. The minimum absolute atomic E-state index is 0.163. The van der Waals surface area contributed by atoms with E-state index >= 15 is 0 Å². The van der Waals surface area contributed by atoms with E-state index in [0.717, 1.165) is 19.5 Å². The summed E-state index contributed by atoms with van der Waals surface area (Å²) in [5.41, 5.74) is 10.3. The topological polar surface area (TPSA) is 80.2 Å². The van der Waals surface area contributed by atoms with E-state index in [2.05, 4.69) is 29.2 Å². The highest BCUT2D eigenvalue weighted by Gasteiger charge is 2.44. The first-order chi connectivity index (χ1) is 10.2. The van der Waals surface area contributed by atoms with E-state index in [1.165, 1.54) is 31.2 Å². The smallest absolute Gasteiger partial charge is 0.123 e. The van der Waals surface area contributed by atoms with Crippen molar-refractivity contribution in [1.82, 2.24) is 15.3 Å². The molecule has 0 saturated heterocycles. The van der Waals surface area contributed by atoms with Crippen molar-refractivity contribution in [3.8, 4) is 0 Å². The highest BCUT2D eigenvalue weighted by atomic mass is 15.3. The third-order valence-corrected chi connectivity index (χ3v) is 5.00. The number of nitrogen functional groups attached to an aromatic ring is 1. The van der Waals surface area contributed by atoms with E-state index in [4.69, 9.17) is 11.6 Å². The molecule has 0 radical (unpaired) electrons. The Labute approximate surface area is 128 Å². The summed E-state index contributed by atoms with van der Waals surface area (Å²) in [6, 6.07) is 4.22. The monoisotopic (exact) mass is 291 g/mol. The number of hydrogen-bond acceptors (Lipinski definition) is 5. The molecule has 1 aliphatic carbocycles. The van der Waals surface area contributed by atoms with Crippen molar-refractivity contribution in [1.29, 1.82) is 0 Å². The molecule has 1 unspecified atom stereocenters. The number of pyridine rings is 1. The maximum absolute atomic E-state index is 5.95. The van der Waals surface area contributed by atoms with Crippen LogP contribution in [0, 0.1) is 0 Å². The van der Waals surface area contributed by atoms with Gasteiger partial charge in [-0.2, -0.15) is 0 Å². The van der Waals surface area contributed by atoms with Gasteiger partial charge in [-0.3, -0.25) is 16.2 Å². The molecule has 1 fully saturated rings. The fourth-order valence-electron chi connectivity index (χ4n) is 3.99. The SMILES string of the molecule is CCN(CC)C1(C(Cc2ccnc(N)c2)NN)CCCC1. The van der Waals surface area contributed by atoms with Gasteiger partial charge < -0.3 is 5.73 Å². The molecule has 1 heterocycles. The van der Waals surface area contributed by atoms with Gasteiger partial charge >= 0.3 is 0 Å². The molecule has 1 aromatic heterocycles. The normalized spacial score (nSPS) is 19.0. The predicted octanol–water partition coefficient (Wildman–Crippen LogP) is 1.69. The Morgan fingerprint density at radius 2 is 2.00 bits per heavy atom. The predicted molar refractivity (Wildman–Crippen MR) is 87.6 cm³/mol. The lowest BCUT2D eigenvalue weighted by molar-refractivity contribution is 0.0630. The van der Waals surface area contributed by atoms with Gasteiger partial charge in [-0.1, -0.05) is 26.7 Å². The van der Waals surface area contributed by atoms with Gasteiger partial charge in [-0.15, -0.1) is 0 Å².